The molecule has 5 nitrogen and oxygen atoms in total. The van der Waals surface area contributed by atoms with Crippen molar-refractivity contribution in [1.82, 2.24) is 0 Å². The maximum atomic E-state index is 14.2. The van der Waals surface area contributed by atoms with Crippen LogP contribution in [0.1, 0.15) is 54.1 Å². The Morgan fingerprint density at radius 1 is 0.889 bits per heavy atom. The van der Waals surface area contributed by atoms with Crippen molar-refractivity contribution in [3.63, 3.8) is 0 Å². The molecule has 36 heavy (non-hydrogen) atoms. The number of hydrogen-bond donors (Lipinski definition) is 0. The Morgan fingerprint density at radius 3 is 2.08 bits per heavy atom. The van der Waals surface area contributed by atoms with Gasteiger partial charge < -0.3 is 9.47 Å². The number of ketones is 1. The number of halogens is 1. The first-order valence-corrected chi connectivity index (χ1v) is 12.8. The highest BCUT2D eigenvalue weighted by atomic mass is 79.9. The molecule has 182 valence electrons. The summed E-state index contributed by atoms with van der Waals surface area (Å²) in [5, 5.41) is 0. The van der Waals surface area contributed by atoms with Gasteiger partial charge in [-0.1, -0.05) is 109 Å². The summed E-state index contributed by atoms with van der Waals surface area (Å²) in [5.41, 5.74) is -1.31. The van der Waals surface area contributed by atoms with E-state index in [1.165, 1.54) is 0 Å². The molecule has 3 aromatic carbocycles. The zero-order valence-corrected chi connectivity index (χ0v) is 21.6. The third kappa shape index (κ3) is 3.31. The van der Waals surface area contributed by atoms with Gasteiger partial charge in [-0.15, -0.1) is 0 Å². The molecular weight excluding hydrogens is 520 g/mol. The summed E-state index contributed by atoms with van der Waals surface area (Å²) in [6, 6.07) is 25.1. The molecule has 5 rings (SSSR count). The fraction of sp³-hybridized carbons (Fsp3) is 0.233. The maximum absolute atomic E-state index is 14.2. The highest BCUT2D eigenvalue weighted by molar-refractivity contribution is 9.11. The summed E-state index contributed by atoms with van der Waals surface area (Å²) in [4.78, 5) is 42.0. The van der Waals surface area contributed by atoms with E-state index in [0.29, 0.717) is 39.1 Å². The van der Waals surface area contributed by atoms with E-state index in [-0.39, 0.29) is 12.2 Å². The molecule has 0 N–H and O–H groups in total. The Kier molecular flexibility index (Phi) is 6.17. The van der Waals surface area contributed by atoms with Crippen LogP contribution in [0.2, 0.25) is 0 Å². The number of hydrogen-bond acceptors (Lipinski definition) is 5. The second-order valence-electron chi connectivity index (χ2n) is 9.03. The summed E-state index contributed by atoms with van der Waals surface area (Å²) in [6.45, 7) is 3.76. The van der Waals surface area contributed by atoms with Crippen LogP contribution < -0.4 is 4.74 Å². The average molecular weight is 545 g/mol. The van der Waals surface area contributed by atoms with Crippen molar-refractivity contribution in [3.8, 4) is 5.75 Å². The van der Waals surface area contributed by atoms with Gasteiger partial charge >= 0.3 is 11.9 Å². The van der Waals surface area contributed by atoms with Crippen molar-refractivity contribution in [2.75, 3.05) is 0 Å². The van der Waals surface area contributed by atoms with E-state index in [9.17, 15) is 14.4 Å². The van der Waals surface area contributed by atoms with E-state index in [4.69, 9.17) is 9.47 Å². The zero-order valence-electron chi connectivity index (χ0n) is 20.0. The lowest BCUT2D eigenvalue weighted by atomic mass is 9.83. The number of esters is 2. The molecule has 1 fully saturated rings. The van der Waals surface area contributed by atoms with E-state index in [0.717, 1.165) is 0 Å². The average Bonchev–Trinajstić information content (AvgIpc) is 3.58. The Bertz CT molecular complexity index is 1380. The van der Waals surface area contributed by atoms with Gasteiger partial charge in [-0.25, -0.2) is 0 Å². The van der Waals surface area contributed by atoms with Gasteiger partial charge in [0, 0.05) is 27.1 Å². The van der Waals surface area contributed by atoms with Crippen LogP contribution in [-0.2, 0) is 14.3 Å². The number of allylic oxidation sites excluding steroid dienone is 1. The van der Waals surface area contributed by atoms with Crippen LogP contribution in [0.3, 0.4) is 0 Å². The lowest BCUT2D eigenvalue weighted by molar-refractivity contribution is -0.158. The topological polar surface area (TPSA) is 69.7 Å². The molecule has 1 saturated carbocycles. The zero-order chi connectivity index (χ0) is 25.5. The first-order valence-electron chi connectivity index (χ1n) is 12.0. The van der Waals surface area contributed by atoms with Gasteiger partial charge in [0.05, 0.1) is 5.41 Å². The fourth-order valence-corrected chi connectivity index (χ4v) is 6.01. The van der Waals surface area contributed by atoms with Gasteiger partial charge in [0.15, 0.2) is 11.2 Å². The Hall–Kier alpha value is -3.51. The summed E-state index contributed by atoms with van der Waals surface area (Å²) >= 11 is 3.54. The number of rotatable bonds is 7. The number of Topliss-reactive ketones (excluding diaryl/α,β-unsaturated/α-hetero) is 1. The van der Waals surface area contributed by atoms with Crippen LogP contribution in [0.5, 0.6) is 5.75 Å². The predicted octanol–water partition coefficient (Wildman–Crippen LogP) is 6.69. The second-order valence-corrected chi connectivity index (χ2v) is 9.99. The van der Waals surface area contributed by atoms with E-state index in [1.807, 2.05) is 62.4 Å². The van der Waals surface area contributed by atoms with Crippen molar-refractivity contribution in [3.05, 3.63) is 106 Å². The largest absolute Gasteiger partial charge is 0.425 e. The lowest BCUT2D eigenvalue weighted by Gasteiger charge is -2.24. The van der Waals surface area contributed by atoms with Crippen LogP contribution in [0.25, 0.3) is 5.76 Å². The third-order valence-electron chi connectivity index (χ3n) is 7.41. The monoisotopic (exact) mass is 544 g/mol. The number of ether oxygens (including phenoxy) is 2. The Morgan fingerprint density at radius 2 is 1.47 bits per heavy atom. The molecule has 3 atom stereocenters. The molecular formula is C30H25BrO5. The molecule has 2 aliphatic rings. The van der Waals surface area contributed by atoms with Crippen LogP contribution >= 0.6 is 15.9 Å². The van der Waals surface area contributed by atoms with Crippen LogP contribution in [0.15, 0.2) is 89.4 Å². The van der Waals surface area contributed by atoms with Crippen LogP contribution in [0.4, 0.5) is 0 Å². The number of benzene rings is 3. The summed E-state index contributed by atoms with van der Waals surface area (Å²) in [7, 11) is 0. The van der Waals surface area contributed by atoms with Gasteiger partial charge in [0.2, 0.25) is 0 Å². The van der Waals surface area contributed by atoms with Crippen LogP contribution in [-0.4, -0.2) is 17.7 Å². The molecule has 0 spiro atoms. The maximum Gasteiger partial charge on any atom is 0.330 e. The van der Waals surface area contributed by atoms with Gasteiger partial charge in [-0.2, -0.15) is 0 Å². The van der Waals surface area contributed by atoms with Crippen molar-refractivity contribution in [2.24, 2.45) is 10.8 Å². The summed E-state index contributed by atoms with van der Waals surface area (Å²) in [5.74, 6) is -1.77. The van der Waals surface area contributed by atoms with Gasteiger partial charge in [-0.05, 0) is 18.9 Å². The first kappa shape index (κ1) is 24.2. The molecule has 0 bridgehead atoms. The first-order chi connectivity index (χ1) is 17.4. The van der Waals surface area contributed by atoms with Gasteiger partial charge in [0.25, 0.3) is 0 Å². The van der Waals surface area contributed by atoms with Crippen LogP contribution in [0, 0.1) is 10.8 Å². The molecule has 0 unspecified atom stereocenters. The van der Waals surface area contributed by atoms with E-state index < -0.39 is 28.7 Å². The molecule has 0 aromatic heterocycles. The third-order valence-corrected chi connectivity index (χ3v) is 8.33. The minimum atomic E-state index is -1.79. The Labute approximate surface area is 218 Å². The predicted molar refractivity (Wildman–Crippen MR) is 139 cm³/mol. The molecule has 1 aliphatic carbocycles. The summed E-state index contributed by atoms with van der Waals surface area (Å²) in [6.07, 6.45) is 0.840. The summed E-state index contributed by atoms with van der Waals surface area (Å²) < 4.78 is 12.4. The lowest BCUT2D eigenvalue weighted by Crippen LogP contribution is -2.40. The minimum Gasteiger partial charge on any atom is -0.425 e. The van der Waals surface area contributed by atoms with Crippen molar-refractivity contribution in [1.29, 1.82) is 0 Å². The standard InChI is InChI=1S/C30H25BrO5/c1-3-22(31)24(19-13-7-5-8-14-19)36-28(34)30-25(21-17-11-12-18-23(21)35-27(30)33)29(30,4-2)26(32)20-15-9-6-10-16-20/h5-18,25H,3-4H2,1-2H3/b24-22+/t25-,29-,30-/m0/s1. The minimum absolute atomic E-state index is 0.263. The fourth-order valence-electron chi connectivity index (χ4n) is 5.70. The van der Waals surface area contributed by atoms with E-state index >= 15 is 0 Å². The number of carbonyl (C=O) groups is 3. The van der Waals surface area contributed by atoms with Gasteiger partial charge in [0.1, 0.15) is 11.5 Å². The smallest absolute Gasteiger partial charge is 0.330 e. The molecule has 0 amide bonds. The molecule has 1 aliphatic heterocycles. The van der Waals surface area contributed by atoms with E-state index in [1.54, 1.807) is 36.4 Å². The number of para-hydroxylation sites is 1. The SMILES string of the molecule is CC/C(Br)=C(\OC(=O)[C@@]12C(=O)Oc3ccccc3[C@H]1[C@@]2(CC)C(=O)c1ccccc1)c1ccccc1. The van der Waals surface area contributed by atoms with Crippen molar-refractivity contribution >= 4 is 39.4 Å². The van der Waals surface area contributed by atoms with Crippen molar-refractivity contribution < 1.29 is 23.9 Å². The normalized spacial score (nSPS) is 24.5. The molecule has 6 heteroatoms. The van der Waals surface area contributed by atoms with E-state index in [2.05, 4.69) is 15.9 Å². The van der Waals surface area contributed by atoms with Gasteiger partial charge in [-0.3, -0.25) is 14.4 Å². The number of carbonyl (C=O) groups excluding carboxylic acids is 3. The van der Waals surface area contributed by atoms with Crippen molar-refractivity contribution in [2.45, 2.75) is 32.6 Å². The highest BCUT2D eigenvalue weighted by Crippen LogP contribution is 2.80. The Balaban J connectivity index is 1.67. The molecule has 0 saturated heterocycles. The highest BCUT2D eigenvalue weighted by Gasteiger charge is 2.90. The number of fused-ring (bicyclic) bond motifs is 3. The molecule has 1 heterocycles. The molecule has 3 aromatic rings. The quantitative estimate of drug-likeness (QED) is 0.109. The second kappa shape index (κ2) is 9.17. The molecule has 0 radical (unpaired) electrons.